The molecule has 0 spiro atoms. The Balaban J connectivity index is 2.56. The minimum atomic E-state index is 0.909. The number of hydrogen-bond acceptors (Lipinski definition) is 2. The fraction of sp³-hybridized carbons (Fsp3) is 0.0769. The first kappa shape index (κ1) is 8.86. The van der Waals surface area contributed by atoms with Gasteiger partial charge in [-0.3, -0.25) is 0 Å². The van der Waals surface area contributed by atoms with Crippen molar-refractivity contribution in [1.82, 2.24) is 0 Å². The Hall–Kier alpha value is -1.41. The number of benzene rings is 2. The fourth-order valence-electron chi connectivity index (χ4n) is 1.87. The molecule has 74 valence electrons. The van der Waals surface area contributed by atoms with Crippen LogP contribution in [-0.4, -0.2) is 0 Å². The van der Waals surface area contributed by atoms with Gasteiger partial charge in [-0.1, -0.05) is 18.2 Å². The molecule has 2 heteroatoms. The number of aryl methyl sites for hydroxylation is 1. The molecule has 15 heavy (non-hydrogen) atoms. The largest absolute Gasteiger partial charge is 0.456 e. The molecule has 1 aromatic heterocycles. The van der Waals surface area contributed by atoms with Gasteiger partial charge in [0.1, 0.15) is 11.2 Å². The molecular formula is C13H10OS. The Bertz CT molecular complexity index is 652. The summed E-state index contributed by atoms with van der Waals surface area (Å²) in [5, 5.41) is 2.34. The smallest absolute Gasteiger partial charge is 0.136 e. The Morgan fingerprint density at radius 2 is 1.80 bits per heavy atom. The summed E-state index contributed by atoms with van der Waals surface area (Å²) in [6.07, 6.45) is 0. The first-order chi connectivity index (χ1) is 7.25. The lowest BCUT2D eigenvalue weighted by Gasteiger charge is -1.97. The molecule has 0 amide bonds. The molecule has 0 radical (unpaired) electrons. The van der Waals surface area contributed by atoms with Gasteiger partial charge in [0.25, 0.3) is 0 Å². The van der Waals surface area contributed by atoms with Gasteiger partial charge >= 0.3 is 0 Å². The summed E-state index contributed by atoms with van der Waals surface area (Å²) >= 11 is 4.40. The molecule has 0 aliphatic heterocycles. The van der Waals surface area contributed by atoms with Gasteiger partial charge in [0, 0.05) is 15.7 Å². The van der Waals surface area contributed by atoms with Gasteiger partial charge in [-0.2, -0.15) is 0 Å². The number of furan rings is 1. The highest BCUT2D eigenvalue weighted by Gasteiger charge is 2.07. The molecule has 0 saturated carbocycles. The van der Waals surface area contributed by atoms with E-state index in [0.717, 1.165) is 16.1 Å². The van der Waals surface area contributed by atoms with Crippen LogP contribution in [0, 0.1) is 6.92 Å². The molecule has 2 aromatic carbocycles. The van der Waals surface area contributed by atoms with Crippen LogP contribution < -0.4 is 0 Å². The first-order valence-electron chi connectivity index (χ1n) is 4.86. The van der Waals surface area contributed by atoms with Crippen LogP contribution in [0.4, 0.5) is 0 Å². The summed E-state index contributed by atoms with van der Waals surface area (Å²) in [7, 11) is 0. The standard InChI is InChI=1S/C13H10OS/c1-8-6-10-9-4-2-3-5-11(9)14-12(10)7-13(8)15/h2-7,15H,1H3. The summed E-state index contributed by atoms with van der Waals surface area (Å²) in [5.74, 6) is 0. The molecule has 3 rings (SSSR count). The molecule has 1 nitrogen and oxygen atoms in total. The van der Waals surface area contributed by atoms with E-state index in [9.17, 15) is 0 Å². The third-order valence-electron chi connectivity index (χ3n) is 2.70. The van der Waals surface area contributed by atoms with Crippen molar-refractivity contribution in [2.75, 3.05) is 0 Å². The molecule has 0 bridgehead atoms. The van der Waals surface area contributed by atoms with Crippen LogP contribution in [-0.2, 0) is 0 Å². The van der Waals surface area contributed by atoms with Gasteiger partial charge in [-0.15, -0.1) is 12.6 Å². The normalized spacial score (nSPS) is 11.3. The third kappa shape index (κ3) is 1.25. The number of rotatable bonds is 0. The lowest BCUT2D eigenvalue weighted by atomic mass is 10.1. The van der Waals surface area contributed by atoms with Crippen LogP contribution in [0.2, 0.25) is 0 Å². The van der Waals surface area contributed by atoms with Gasteiger partial charge in [0.15, 0.2) is 0 Å². The Kier molecular flexibility index (Phi) is 1.80. The van der Waals surface area contributed by atoms with Crippen LogP contribution in [0.5, 0.6) is 0 Å². The van der Waals surface area contributed by atoms with E-state index >= 15 is 0 Å². The van der Waals surface area contributed by atoms with Crippen molar-refractivity contribution in [2.45, 2.75) is 11.8 Å². The SMILES string of the molecule is Cc1cc2c(cc1S)oc1ccccc12. The number of hydrogen-bond donors (Lipinski definition) is 1. The molecule has 3 aromatic rings. The summed E-state index contributed by atoms with van der Waals surface area (Å²) in [6.45, 7) is 2.06. The van der Waals surface area contributed by atoms with Crippen molar-refractivity contribution < 1.29 is 4.42 Å². The van der Waals surface area contributed by atoms with Crippen molar-refractivity contribution in [3.63, 3.8) is 0 Å². The Labute approximate surface area is 93.1 Å². The monoisotopic (exact) mass is 214 g/mol. The second kappa shape index (κ2) is 3.04. The first-order valence-corrected chi connectivity index (χ1v) is 5.31. The van der Waals surface area contributed by atoms with E-state index in [1.54, 1.807) is 0 Å². The maximum atomic E-state index is 5.74. The number of para-hydroxylation sites is 1. The minimum absolute atomic E-state index is 0.909. The predicted molar refractivity (Wildman–Crippen MR) is 65.7 cm³/mol. The molecule has 0 N–H and O–H groups in total. The maximum absolute atomic E-state index is 5.74. The second-order valence-corrected chi connectivity index (χ2v) is 4.21. The molecular weight excluding hydrogens is 204 g/mol. The van der Waals surface area contributed by atoms with Crippen LogP contribution >= 0.6 is 12.6 Å². The zero-order valence-corrected chi connectivity index (χ0v) is 9.21. The molecule has 0 fully saturated rings. The summed E-state index contributed by atoms with van der Waals surface area (Å²) in [4.78, 5) is 0.974. The van der Waals surface area contributed by atoms with Gasteiger partial charge < -0.3 is 4.42 Å². The molecule has 0 unspecified atom stereocenters. The zero-order chi connectivity index (χ0) is 10.4. The van der Waals surface area contributed by atoms with Crippen molar-refractivity contribution in [3.8, 4) is 0 Å². The zero-order valence-electron chi connectivity index (χ0n) is 8.32. The lowest BCUT2D eigenvalue weighted by molar-refractivity contribution is 0.667. The van der Waals surface area contributed by atoms with Crippen LogP contribution in [0.25, 0.3) is 21.9 Å². The van der Waals surface area contributed by atoms with E-state index in [-0.39, 0.29) is 0 Å². The van der Waals surface area contributed by atoms with Gasteiger partial charge in [0.05, 0.1) is 0 Å². The van der Waals surface area contributed by atoms with E-state index in [4.69, 9.17) is 4.42 Å². The van der Waals surface area contributed by atoms with Crippen LogP contribution in [0.1, 0.15) is 5.56 Å². The molecule has 1 heterocycles. The third-order valence-corrected chi connectivity index (χ3v) is 3.18. The number of thiol groups is 1. The maximum Gasteiger partial charge on any atom is 0.136 e. The summed E-state index contributed by atoms with van der Waals surface area (Å²) in [5.41, 5.74) is 3.02. The van der Waals surface area contributed by atoms with E-state index in [2.05, 4.69) is 31.7 Å². The lowest BCUT2D eigenvalue weighted by Crippen LogP contribution is -1.75. The van der Waals surface area contributed by atoms with Crippen molar-refractivity contribution >= 4 is 34.6 Å². The highest BCUT2D eigenvalue weighted by Crippen LogP contribution is 2.31. The van der Waals surface area contributed by atoms with E-state index in [1.165, 1.54) is 16.3 Å². The Morgan fingerprint density at radius 1 is 1.00 bits per heavy atom. The van der Waals surface area contributed by atoms with Gasteiger partial charge in [0.2, 0.25) is 0 Å². The van der Waals surface area contributed by atoms with Crippen LogP contribution in [0.3, 0.4) is 0 Å². The van der Waals surface area contributed by atoms with Crippen molar-refractivity contribution in [3.05, 3.63) is 42.0 Å². The van der Waals surface area contributed by atoms with Gasteiger partial charge in [-0.25, -0.2) is 0 Å². The average Bonchev–Trinajstić information content (AvgIpc) is 2.57. The van der Waals surface area contributed by atoms with E-state index in [0.29, 0.717) is 0 Å². The van der Waals surface area contributed by atoms with Crippen LogP contribution in [0.15, 0.2) is 45.7 Å². The minimum Gasteiger partial charge on any atom is -0.456 e. The van der Waals surface area contributed by atoms with Crippen molar-refractivity contribution in [1.29, 1.82) is 0 Å². The summed E-state index contributed by atoms with van der Waals surface area (Å²) in [6, 6.07) is 12.2. The number of fused-ring (bicyclic) bond motifs is 3. The molecule has 0 saturated heterocycles. The van der Waals surface area contributed by atoms with Crippen molar-refractivity contribution in [2.24, 2.45) is 0 Å². The topological polar surface area (TPSA) is 13.1 Å². The Morgan fingerprint density at radius 3 is 2.67 bits per heavy atom. The highest BCUT2D eigenvalue weighted by atomic mass is 32.1. The van der Waals surface area contributed by atoms with E-state index < -0.39 is 0 Å². The highest BCUT2D eigenvalue weighted by molar-refractivity contribution is 7.80. The molecule has 0 aliphatic rings. The molecule has 0 atom stereocenters. The second-order valence-electron chi connectivity index (χ2n) is 3.73. The quantitative estimate of drug-likeness (QED) is 0.554. The van der Waals surface area contributed by atoms with Gasteiger partial charge in [-0.05, 0) is 30.7 Å². The predicted octanol–water partition coefficient (Wildman–Crippen LogP) is 4.18. The van der Waals surface area contributed by atoms with E-state index in [1.807, 2.05) is 24.3 Å². The average molecular weight is 214 g/mol. The fourth-order valence-corrected chi connectivity index (χ4v) is 2.05. The summed E-state index contributed by atoms with van der Waals surface area (Å²) < 4.78 is 5.74. The molecule has 0 aliphatic carbocycles.